The van der Waals surface area contributed by atoms with Crippen molar-refractivity contribution in [3.05, 3.63) is 106 Å². The average molecular weight is 610 g/mol. The van der Waals surface area contributed by atoms with E-state index in [2.05, 4.69) is 41.1 Å². The molecule has 226 valence electrons. The Hall–Kier alpha value is -4.38. The molecule has 4 aromatic rings. The number of pyridine rings is 1. The summed E-state index contributed by atoms with van der Waals surface area (Å²) in [6, 6.07) is 21.3. The summed E-state index contributed by atoms with van der Waals surface area (Å²) in [5, 5.41) is 9.44. The van der Waals surface area contributed by atoms with Crippen molar-refractivity contribution in [2.45, 2.75) is 45.8 Å². The Bertz CT molecular complexity index is 1630. The van der Waals surface area contributed by atoms with Gasteiger partial charge in [0.1, 0.15) is 36.5 Å². The molecular weight excluding hydrogens is 574 g/mol. The molecule has 0 amide bonds. The summed E-state index contributed by atoms with van der Waals surface area (Å²) in [6.45, 7) is 6.69. The van der Waals surface area contributed by atoms with E-state index in [0.717, 1.165) is 41.0 Å². The van der Waals surface area contributed by atoms with Gasteiger partial charge >= 0.3 is 0 Å². The second kappa shape index (κ2) is 15.4. The normalized spacial score (nSPS) is 13.2. The van der Waals surface area contributed by atoms with Crippen LogP contribution in [0.4, 0.5) is 0 Å². The SMILES string of the molecule is Cc1c(COc2cc(OCc3cncc(C#N)c3)c(C=O)cc2Cl)cccc1-c1cccc(OCCCN2CCCCC2)c1. The van der Waals surface area contributed by atoms with Crippen molar-refractivity contribution in [1.29, 1.82) is 5.26 Å². The van der Waals surface area contributed by atoms with Crippen molar-refractivity contribution in [3.8, 4) is 34.4 Å². The number of halogens is 1. The van der Waals surface area contributed by atoms with Crippen molar-refractivity contribution < 1.29 is 19.0 Å². The Morgan fingerprint density at radius 3 is 2.59 bits per heavy atom. The molecule has 3 aromatic carbocycles. The predicted molar refractivity (Wildman–Crippen MR) is 171 cm³/mol. The third-order valence-corrected chi connectivity index (χ3v) is 8.12. The Kier molecular flexibility index (Phi) is 10.9. The second-order valence-electron chi connectivity index (χ2n) is 10.9. The van der Waals surface area contributed by atoms with E-state index >= 15 is 0 Å². The lowest BCUT2D eigenvalue weighted by Gasteiger charge is -2.26. The van der Waals surface area contributed by atoms with Crippen LogP contribution in [0, 0.1) is 18.3 Å². The summed E-state index contributed by atoms with van der Waals surface area (Å²) in [5.41, 5.74) is 5.73. The summed E-state index contributed by atoms with van der Waals surface area (Å²) in [6.07, 6.45) is 8.76. The van der Waals surface area contributed by atoms with Crippen LogP contribution in [0.5, 0.6) is 17.2 Å². The fourth-order valence-corrected chi connectivity index (χ4v) is 5.62. The third-order valence-electron chi connectivity index (χ3n) is 7.82. The van der Waals surface area contributed by atoms with Crippen LogP contribution in [-0.4, -0.2) is 42.4 Å². The van der Waals surface area contributed by atoms with Gasteiger partial charge in [-0.15, -0.1) is 0 Å². The summed E-state index contributed by atoms with van der Waals surface area (Å²) < 4.78 is 18.2. The first-order valence-corrected chi connectivity index (χ1v) is 15.3. The van der Waals surface area contributed by atoms with Crippen LogP contribution in [0.2, 0.25) is 5.02 Å². The van der Waals surface area contributed by atoms with E-state index in [4.69, 9.17) is 31.1 Å². The number of nitrogens with zero attached hydrogens (tertiary/aromatic N) is 3. The van der Waals surface area contributed by atoms with Crippen LogP contribution >= 0.6 is 11.6 Å². The van der Waals surface area contributed by atoms with Gasteiger partial charge < -0.3 is 19.1 Å². The van der Waals surface area contributed by atoms with Gasteiger partial charge in [0, 0.05) is 30.6 Å². The molecular formula is C36H36ClN3O4. The molecule has 0 bridgehead atoms. The molecule has 1 aliphatic rings. The number of benzene rings is 3. The highest BCUT2D eigenvalue weighted by Gasteiger charge is 2.14. The molecule has 0 saturated carbocycles. The third kappa shape index (κ3) is 8.16. The molecule has 0 unspecified atom stereocenters. The molecule has 0 spiro atoms. The number of rotatable bonds is 13. The number of ether oxygens (including phenoxy) is 3. The van der Waals surface area contributed by atoms with Crippen LogP contribution in [0.3, 0.4) is 0 Å². The molecule has 0 radical (unpaired) electrons. The molecule has 1 fully saturated rings. The van der Waals surface area contributed by atoms with Gasteiger partial charge in [0.05, 0.1) is 22.8 Å². The number of carbonyl (C=O) groups excluding carboxylic acids is 1. The molecule has 0 aliphatic carbocycles. The zero-order chi connectivity index (χ0) is 30.7. The van der Waals surface area contributed by atoms with Gasteiger partial charge in [-0.25, -0.2) is 0 Å². The van der Waals surface area contributed by atoms with E-state index in [1.165, 1.54) is 44.6 Å². The van der Waals surface area contributed by atoms with E-state index in [-0.39, 0.29) is 13.2 Å². The van der Waals surface area contributed by atoms with Crippen LogP contribution in [0.1, 0.15) is 58.3 Å². The van der Waals surface area contributed by atoms with Crippen molar-refractivity contribution in [3.63, 3.8) is 0 Å². The highest BCUT2D eigenvalue weighted by atomic mass is 35.5. The van der Waals surface area contributed by atoms with Crippen LogP contribution < -0.4 is 14.2 Å². The molecule has 44 heavy (non-hydrogen) atoms. The largest absolute Gasteiger partial charge is 0.494 e. The van der Waals surface area contributed by atoms with E-state index in [0.29, 0.717) is 46.1 Å². The minimum atomic E-state index is 0.132. The Morgan fingerprint density at radius 1 is 0.955 bits per heavy atom. The van der Waals surface area contributed by atoms with E-state index in [1.807, 2.05) is 24.3 Å². The zero-order valence-electron chi connectivity index (χ0n) is 24.9. The molecule has 0 N–H and O–H groups in total. The van der Waals surface area contributed by atoms with E-state index < -0.39 is 0 Å². The topological polar surface area (TPSA) is 84.7 Å². The quantitative estimate of drug-likeness (QED) is 0.113. The van der Waals surface area contributed by atoms with Crippen LogP contribution in [-0.2, 0) is 13.2 Å². The fourth-order valence-electron chi connectivity index (χ4n) is 5.39. The van der Waals surface area contributed by atoms with Crippen LogP contribution in [0.25, 0.3) is 11.1 Å². The monoisotopic (exact) mass is 609 g/mol. The molecule has 0 atom stereocenters. The highest BCUT2D eigenvalue weighted by molar-refractivity contribution is 6.32. The minimum Gasteiger partial charge on any atom is -0.494 e. The molecule has 8 heteroatoms. The number of nitriles is 1. The van der Waals surface area contributed by atoms with Crippen LogP contribution in [0.15, 0.2) is 73.1 Å². The fraction of sp³-hybridized carbons (Fsp3) is 0.306. The van der Waals surface area contributed by atoms with Gasteiger partial charge in [0.15, 0.2) is 6.29 Å². The highest BCUT2D eigenvalue weighted by Crippen LogP contribution is 2.34. The number of carbonyl (C=O) groups is 1. The smallest absolute Gasteiger partial charge is 0.153 e. The molecule has 1 aromatic heterocycles. The Balaban J connectivity index is 1.23. The number of aromatic nitrogens is 1. The lowest BCUT2D eigenvalue weighted by atomic mass is 9.96. The number of hydrogen-bond acceptors (Lipinski definition) is 7. The van der Waals surface area contributed by atoms with Gasteiger partial charge in [-0.1, -0.05) is 48.4 Å². The molecule has 7 nitrogen and oxygen atoms in total. The lowest BCUT2D eigenvalue weighted by molar-refractivity contribution is 0.111. The predicted octanol–water partition coefficient (Wildman–Crippen LogP) is 7.81. The number of likely N-dealkylation sites (tertiary alicyclic amines) is 1. The Morgan fingerprint density at radius 2 is 1.77 bits per heavy atom. The van der Waals surface area contributed by atoms with Gasteiger partial charge in [0.25, 0.3) is 0 Å². The molecule has 1 aliphatic heterocycles. The summed E-state index contributed by atoms with van der Waals surface area (Å²) in [5.74, 6) is 1.60. The standard InChI is InChI=1S/C36H36ClN3O4/c1-26-30(9-6-11-33(26)29-8-5-10-32(17-29)42-15-7-14-40-12-3-2-4-13-40)25-44-36-19-35(31(23-41)18-34(36)37)43-24-28-16-27(20-38)21-39-22-28/h5-6,8-11,16-19,21-23H,2-4,7,12-15,24-25H2,1H3. The molecule has 2 heterocycles. The van der Waals surface area contributed by atoms with E-state index in [9.17, 15) is 4.79 Å². The van der Waals surface area contributed by atoms with E-state index in [1.54, 1.807) is 18.3 Å². The van der Waals surface area contributed by atoms with Gasteiger partial charge in [0.2, 0.25) is 0 Å². The second-order valence-corrected chi connectivity index (χ2v) is 11.3. The Labute approximate surface area is 264 Å². The summed E-state index contributed by atoms with van der Waals surface area (Å²) in [4.78, 5) is 18.3. The van der Waals surface area contributed by atoms with Crippen molar-refractivity contribution in [1.82, 2.24) is 9.88 Å². The maximum absolute atomic E-state index is 11.7. The molecule has 5 rings (SSSR count). The first-order chi connectivity index (χ1) is 21.5. The summed E-state index contributed by atoms with van der Waals surface area (Å²) in [7, 11) is 0. The van der Waals surface area contributed by atoms with Gasteiger partial charge in [-0.2, -0.15) is 5.26 Å². The zero-order valence-corrected chi connectivity index (χ0v) is 25.7. The first kappa shape index (κ1) is 31.1. The van der Waals surface area contributed by atoms with Gasteiger partial charge in [-0.05, 0) is 85.8 Å². The number of piperidine rings is 1. The number of aldehydes is 1. The van der Waals surface area contributed by atoms with Crippen molar-refractivity contribution in [2.24, 2.45) is 0 Å². The molecule has 1 saturated heterocycles. The van der Waals surface area contributed by atoms with Gasteiger partial charge in [-0.3, -0.25) is 9.78 Å². The number of hydrogen-bond donors (Lipinski definition) is 0. The maximum Gasteiger partial charge on any atom is 0.153 e. The lowest BCUT2D eigenvalue weighted by Crippen LogP contribution is -2.31. The summed E-state index contributed by atoms with van der Waals surface area (Å²) >= 11 is 6.48. The first-order valence-electron chi connectivity index (χ1n) is 15.0. The minimum absolute atomic E-state index is 0.132. The van der Waals surface area contributed by atoms with Crippen molar-refractivity contribution >= 4 is 17.9 Å². The average Bonchev–Trinajstić information content (AvgIpc) is 3.06. The van der Waals surface area contributed by atoms with Crippen molar-refractivity contribution in [2.75, 3.05) is 26.2 Å². The maximum atomic E-state index is 11.7.